The highest BCUT2D eigenvalue weighted by molar-refractivity contribution is 5.85. The maximum atomic E-state index is 11.5. The van der Waals surface area contributed by atoms with Crippen molar-refractivity contribution in [3.8, 4) is 0 Å². The summed E-state index contributed by atoms with van der Waals surface area (Å²) in [5, 5.41) is 70.3. The number of aliphatic hydroxyl groups is 4. The van der Waals surface area contributed by atoms with Crippen molar-refractivity contribution in [3.63, 3.8) is 0 Å². The molecule has 0 radical (unpaired) electrons. The molecule has 12 N–H and O–H groups in total. The average Bonchev–Trinajstić information content (AvgIpc) is 3.00. The molecule has 0 fully saturated rings. The van der Waals surface area contributed by atoms with Crippen molar-refractivity contribution in [2.75, 3.05) is 13.2 Å². The molecule has 0 aromatic heterocycles. The first-order valence-corrected chi connectivity index (χ1v) is 15.0. The van der Waals surface area contributed by atoms with Gasteiger partial charge in [-0.15, -0.1) is 0 Å². The molecule has 5 atom stereocenters. The second-order valence-electron chi connectivity index (χ2n) is 12.2. The van der Waals surface area contributed by atoms with Crippen molar-refractivity contribution in [3.05, 3.63) is 48.6 Å². The van der Waals surface area contributed by atoms with Gasteiger partial charge in [0, 0.05) is 22.3 Å². The van der Waals surface area contributed by atoms with Crippen LogP contribution in [0.2, 0.25) is 0 Å². The summed E-state index contributed by atoms with van der Waals surface area (Å²) < 4.78 is 0. The summed E-state index contributed by atoms with van der Waals surface area (Å²) >= 11 is 0. The number of aliphatic hydroxyl groups excluding tert-OH is 4. The Kier molecular flexibility index (Phi) is 33.3. The van der Waals surface area contributed by atoms with Crippen LogP contribution in [-0.2, 0) is 38.4 Å². The van der Waals surface area contributed by atoms with Crippen LogP contribution in [0.3, 0.4) is 0 Å². The van der Waals surface area contributed by atoms with E-state index in [0.717, 1.165) is 0 Å². The molecule has 18 heteroatoms. The number of hydrogen-bond donors (Lipinski definition) is 10. The van der Waals surface area contributed by atoms with Gasteiger partial charge < -0.3 is 50.5 Å². The molecule has 0 saturated heterocycles. The Bertz CT molecular complexity index is 1020. The Morgan fingerprint density at radius 1 is 0.588 bits per heavy atom. The lowest BCUT2D eigenvalue weighted by atomic mass is 9.75. The lowest BCUT2D eigenvalue weighted by Crippen LogP contribution is -2.37. The topological polar surface area (TPSA) is 335 Å². The molecule has 0 aliphatic rings. The number of carboxylic acids is 4. The van der Waals surface area contributed by atoms with Crippen molar-refractivity contribution >= 4 is 35.8 Å². The molecule has 5 unspecified atom stereocenters. The van der Waals surface area contributed by atoms with Gasteiger partial charge in [0.1, 0.15) is 11.8 Å². The van der Waals surface area contributed by atoms with E-state index in [9.17, 15) is 49.2 Å². The monoisotopic (exact) mass is 738 g/mol. The van der Waals surface area contributed by atoms with Crippen molar-refractivity contribution in [1.29, 1.82) is 0 Å². The molecule has 0 heterocycles. The zero-order chi connectivity index (χ0) is 41.8. The van der Waals surface area contributed by atoms with Crippen molar-refractivity contribution in [2.24, 2.45) is 35.0 Å². The summed E-state index contributed by atoms with van der Waals surface area (Å²) in [5.74, 6) is 2.02. The molecule has 0 saturated carbocycles. The Morgan fingerprint density at radius 3 is 1.06 bits per heavy atom. The molecule has 51 heavy (non-hydrogen) atoms. The lowest BCUT2D eigenvalue weighted by Gasteiger charge is -2.32. The summed E-state index contributed by atoms with van der Waals surface area (Å²) in [6.07, 6.45) is -0.490. The van der Waals surface area contributed by atoms with E-state index in [2.05, 4.69) is 36.0 Å². The zero-order valence-corrected chi connectivity index (χ0v) is 30.5. The van der Waals surface area contributed by atoms with E-state index in [-0.39, 0.29) is 46.5 Å². The third-order valence-electron chi connectivity index (χ3n) is 6.24. The summed E-state index contributed by atoms with van der Waals surface area (Å²) in [6, 6.07) is 0. The number of hydrogen-bond acceptors (Lipinski definition) is 14. The fourth-order valence-corrected chi connectivity index (χ4v) is 3.37. The summed E-state index contributed by atoms with van der Waals surface area (Å²) in [7, 11) is 0. The van der Waals surface area contributed by atoms with Gasteiger partial charge in [-0.1, -0.05) is 47.1 Å². The number of carbonyl (C=O) groups is 6. The number of rotatable bonds is 17. The molecule has 296 valence electrons. The van der Waals surface area contributed by atoms with Crippen LogP contribution in [0.5, 0.6) is 0 Å². The first-order chi connectivity index (χ1) is 23.1. The quantitative estimate of drug-likeness (QED) is 0.0747. The summed E-state index contributed by atoms with van der Waals surface area (Å²) in [5.41, 5.74) is 0.327. The largest absolute Gasteiger partial charge is 0.478 e. The van der Waals surface area contributed by atoms with Gasteiger partial charge in [0.25, 0.3) is 0 Å². The SMILES string of the molecule is C=C(C)C(=O)O.C=C(C)C(=O)O.C=C(C)C(=O)O.C=C(C)C(=O)O.CC(CCC(O)C(CO)C(=O)ON)CC(C)(C)CC(O)C(CO)C(=O)ON. The fraction of sp³-hybridized carbons (Fsp3) is 0.576. The molecular formula is C33H58N2O16. The van der Waals surface area contributed by atoms with Gasteiger partial charge in [-0.25, -0.2) is 28.8 Å². The van der Waals surface area contributed by atoms with Gasteiger partial charge in [0.2, 0.25) is 0 Å². The van der Waals surface area contributed by atoms with Gasteiger partial charge >= 0.3 is 35.8 Å². The van der Waals surface area contributed by atoms with Gasteiger partial charge in [0.15, 0.2) is 0 Å². The van der Waals surface area contributed by atoms with E-state index in [0.29, 0.717) is 12.8 Å². The number of nitrogens with two attached hydrogens (primary N) is 2. The highest BCUT2D eigenvalue weighted by atomic mass is 16.7. The Hall–Kier alpha value is -4.46. The minimum atomic E-state index is -1.11. The molecule has 0 rings (SSSR count). The highest BCUT2D eigenvalue weighted by Gasteiger charge is 2.34. The Labute approximate surface area is 298 Å². The van der Waals surface area contributed by atoms with Crippen LogP contribution in [0.1, 0.15) is 74.1 Å². The van der Waals surface area contributed by atoms with Gasteiger partial charge in [-0.05, 0) is 64.7 Å². The van der Waals surface area contributed by atoms with Crippen molar-refractivity contribution in [1.82, 2.24) is 0 Å². The second-order valence-corrected chi connectivity index (χ2v) is 12.2. The first-order valence-electron chi connectivity index (χ1n) is 15.0. The lowest BCUT2D eigenvalue weighted by molar-refractivity contribution is -0.157. The minimum absolute atomic E-state index is 0.115. The van der Waals surface area contributed by atoms with E-state index in [1.807, 2.05) is 20.8 Å². The third kappa shape index (κ3) is 33.8. The van der Waals surface area contributed by atoms with Crippen LogP contribution in [-0.4, -0.2) is 102 Å². The smallest absolute Gasteiger partial charge is 0.332 e. The van der Waals surface area contributed by atoms with Crippen LogP contribution >= 0.6 is 0 Å². The average molecular weight is 739 g/mol. The van der Waals surface area contributed by atoms with E-state index >= 15 is 0 Å². The molecule has 0 aliphatic heterocycles. The molecule has 0 aromatic rings. The maximum absolute atomic E-state index is 11.5. The van der Waals surface area contributed by atoms with E-state index in [4.69, 9.17) is 32.2 Å². The van der Waals surface area contributed by atoms with Crippen molar-refractivity contribution < 1.29 is 79.3 Å². The third-order valence-corrected chi connectivity index (χ3v) is 6.24. The van der Waals surface area contributed by atoms with Crippen LogP contribution in [0, 0.1) is 23.2 Å². The molecule has 18 nitrogen and oxygen atoms in total. The molecule has 0 aromatic carbocycles. The molecule has 0 aliphatic carbocycles. The van der Waals surface area contributed by atoms with E-state index in [1.165, 1.54) is 27.7 Å². The molecule has 0 bridgehead atoms. The molecule has 0 spiro atoms. The number of carboxylic acid groups (broad SMARTS) is 4. The van der Waals surface area contributed by atoms with Gasteiger partial charge in [0.05, 0.1) is 25.4 Å². The van der Waals surface area contributed by atoms with Gasteiger partial charge in [-0.2, -0.15) is 11.8 Å². The van der Waals surface area contributed by atoms with Crippen molar-refractivity contribution in [2.45, 2.75) is 86.4 Å². The predicted molar refractivity (Wildman–Crippen MR) is 185 cm³/mol. The summed E-state index contributed by atoms with van der Waals surface area (Å²) in [4.78, 5) is 69.4. The Morgan fingerprint density at radius 2 is 0.843 bits per heavy atom. The van der Waals surface area contributed by atoms with Crippen LogP contribution in [0.15, 0.2) is 48.6 Å². The minimum Gasteiger partial charge on any atom is -0.478 e. The van der Waals surface area contributed by atoms with E-state index in [1.54, 1.807) is 0 Å². The normalized spacial score (nSPS) is 12.8. The maximum Gasteiger partial charge on any atom is 0.332 e. The fourth-order valence-electron chi connectivity index (χ4n) is 3.37. The van der Waals surface area contributed by atoms with Crippen LogP contribution in [0.4, 0.5) is 0 Å². The summed E-state index contributed by atoms with van der Waals surface area (Å²) in [6.45, 7) is 23.0. The second kappa shape index (κ2) is 30.4. The van der Waals surface area contributed by atoms with Crippen LogP contribution in [0.25, 0.3) is 0 Å². The number of carbonyl (C=O) groups excluding carboxylic acids is 2. The van der Waals surface area contributed by atoms with E-state index < -0.39 is 73.1 Å². The molecule has 0 amide bonds. The first kappa shape index (κ1) is 55.9. The highest BCUT2D eigenvalue weighted by Crippen LogP contribution is 2.34. The standard InChI is InChI=1S/C17H34N2O8.4C4H6O2/c1-10(4-5-13(22)11(8-20)15(24)26-18)6-17(2,3)7-14(23)12(9-21)16(25)27-19;4*1-3(2)4(5)6/h10-14,20-23H,4-9,18-19H2,1-3H3;4*1H2,2H3,(H,5,6). The zero-order valence-electron chi connectivity index (χ0n) is 30.5. The van der Waals surface area contributed by atoms with Crippen LogP contribution < -0.4 is 11.8 Å². The number of aliphatic carboxylic acids is 4. The predicted octanol–water partition coefficient (Wildman–Crippen LogP) is 1.57. The Balaban J connectivity index is -0.000000234. The van der Waals surface area contributed by atoms with Gasteiger partial charge in [-0.3, -0.25) is 0 Å². The molecular weight excluding hydrogens is 680 g/mol.